The van der Waals surface area contributed by atoms with E-state index in [2.05, 4.69) is 59.8 Å². The van der Waals surface area contributed by atoms with Crippen molar-refractivity contribution in [1.29, 1.82) is 0 Å². The van der Waals surface area contributed by atoms with Gasteiger partial charge in [0.15, 0.2) is 12.3 Å². The predicted octanol–water partition coefficient (Wildman–Crippen LogP) is 5.48. The van der Waals surface area contributed by atoms with Crippen molar-refractivity contribution < 1.29 is 14.5 Å². The first-order valence-corrected chi connectivity index (χ1v) is 9.94. The van der Waals surface area contributed by atoms with Crippen LogP contribution in [0.4, 0.5) is 11.4 Å². The van der Waals surface area contributed by atoms with Gasteiger partial charge >= 0.3 is 5.97 Å². The number of fused-ring (bicyclic) bond motifs is 3. The number of carbonyl (C=O) groups is 1. The van der Waals surface area contributed by atoms with Gasteiger partial charge in [-0.25, -0.2) is 0 Å². The average Bonchev–Trinajstić information content (AvgIpc) is 2.94. The van der Waals surface area contributed by atoms with Crippen LogP contribution >= 0.6 is 0 Å². The number of para-hydroxylation sites is 1. The van der Waals surface area contributed by atoms with Crippen molar-refractivity contribution in [3.63, 3.8) is 0 Å². The minimum Gasteiger partial charge on any atom is -0.481 e. The maximum absolute atomic E-state index is 11.3. The molecule has 0 saturated heterocycles. The molecule has 4 rings (SSSR count). The summed E-state index contributed by atoms with van der Waals surface area (Å²) < 4.78 is 2.19. The fourth-order valence-corrected chi connectivity index (χ4v) is 4.35. The number of hydrogen-bond acceptors (Lipinski definition) is 2. The summed E-state index contributed by atoms with van der Waals surface area (Å²) in [6, 6.07) is 22.5. The first kappa shape index (κ1) is 19.1. The molecule has 0 saturated carbocycles. The molecule has 146 valence electrons. The minimum atomic E-state index is -0.783. The van der Waals surface area contributed by atoms with E-state index in [-0.39, 0.29) is 11.8 Å². The number of aliphatic carboxylic acids is 1. The van der Waals surface area contributed by atoms with Crippen molar-refractivity contribution in [3.05, 3.63) is 72.3 Å². The van der Waals surface area contributed by atoms with Crippen LogP contribution in [-0.2, 0) is 10.2 Å². The van der Waals surface area contributed by atoms with E-state index in [1.165, 1.54) is 22.0 Å². The molecule has 29 heavy (non-hydrogen) atoms. The second-order valence-corrected chi connectivity index (χ2v) is 7.90. The number of nitrogens with zero attached hydrogens (tertiary/aromatic N) is 2. The van der Waals surface area contributed by atoms with Crippen LogP contribution in [-0.4, -0.2) is 34.1 Å². The average molecular weight is 385 g/mol. The van der Waals surface area contributed by atoms with Crippen LogP contribution in [0.2, 0.25) is 0 Å². The van der Waals surface area contributed by atoms with Gasteiger partial charge in [-0.15, -0.1) is 0 Å². The highest BCUT2D eigenvalue weighted by Gasteiger charge is 2.46. The van der Waals surface area contributed by atoms with Crippen molar-refractivity contribution in [2.75, 3.05) is 6.54 Å². The van der Waals surface area contributed by atoms with Gasteiger partial charge in [-0.1, -0.05) is 42.5 Å². The lowest BCUT2D eigenvalue weighted by Gasteiger charge is -2.18. The standard InChI is InChI=1S/C25H24N2O2/c1-25(2)22(14-16-26-19-9-4-3-5-10-19)27(17-15-23(28)29)21-13-12-18-8-6-7-11-20(18)24(21)25/h3-13,16H,14-15,17H2,1-2H3/p+1. The second-order valence-electron chi connectivity index (χ2n) is 7.90. The van der Waals surface area contributed by atoms with E-state index < -0.39 is 5.97 Å². The van der Waals surface area contributed by atoms with Gasteiger partial charge in [0.05, 0.1) is 17.5 Å². The van der Waals surface area contributed by atoms with Crippen molar-refractivity contribution in [1.82, 2.24) is 0 Å². The Morgan fingerprint density at radius 2 is 1.76 bits per heavy atom. The van der Waals surface area contributed by atoms with Crippen LogP contribution < -0.4 is 0 Å². The molecule has 0 fully saturated rings. The van der Waals surface area contributed by atoms with Crippen LogP contribution in [0.15, 0.2) is 71.7 Å². The van der Waals surface area contributed by atoms with E-state index in [1.807, 2.05) is 36.5 Å². The van der Waals surface area contributed by atoms with E-state index in [9.17, 15) is 9.90 Å². The fraction of sp³-hybridized carbons (Fsp3) is 0.240. The van der Waals surface area contributed by atoms with Gasteiger partial charge in [0.25, 0.3) is 0 Å². The quantitative estimate of drug-likeness (QED) is 0.451. The summed E-state index contributed by atoms with van der Waals surface area (Å²) in [7, 11) is 0. The van der Waals surface area contributed by atoms with Gasteiger partial charge in [0, 0.05) is 17.8 Å². The van der Waals surface area contributed by atoms with Gasteiger partial charge in [0.1, 0.15) is 6.42 Å². The first-order valence-electron chi connectivity index (χ1n) is 9.94. The maximum atomic E-state index is 11.3. The van der Waals surface area contributed by atoms with E-state index >= 15 is 0 Å². The Labute approximate surface area is 170 Å². The molecule has 0 unspecified atom stereocenters. The number of benzene rings is 3. The number of hydrogen-bond donors (Lipinski definition) is 1. The van der Waals surface area contributed by atoms with E-state index in [4.69, 9.17) is 0 Å². The molecule has 1 aliphatic rings. The van der Waals surface area contributed by atoms with Crippen LogP contribution in [0.3, 0.4) is 0 Å². The summed E-state index contributed by atoms with van der Waals surface area (Å²) in [5.74, 6) is -0.783. The summed E-state index contributed by atoms with van der Waals surface area (Å²) in [5, 5.41) is 11.7. The number of rotatable bonds is 6. The third kappa shape index (κ3) is 3.58. The molecule has 4 nitrogen and oxygen atoms in total. The Kier molecular flexibility index (Phi) is 5.01. The molecular weight excluding hydrogens is 360 g/mol. The third-order valence-corrected chi connectivity index (χ3v) is 5.70. The summed E-state index contributed by atoms with van der Waals surface area (Å²) in [4.78, 5) is 15.9. The van der Waals surface area contributed by atoms with Gasteiger partial charge in [-0.05, 0) is 42.8 Å². The number of carboxylic acids is 1. The maximum Gasteiger partial charge on any atom is 0.309 e. The molecule has 0 aromatic heterocycles. The van der Waals surface area contributed by atoms with E-state index in [0.29, 0.717) is 13.0 Å². The molecule has 3 aromatic rings. The monoisotopic (exact) mass is 385 g/mol. The van der Waals surface area contributed by atoms with E-state index in [1.54, 1.807) is 0 Å². The summed E-state index contributed by atoms with van der Waals surface area (Å²) in [6.07, 6.45) is 2.71. The highest BCUT2D eigenvalue weighted by atomic mass is 16.4. The van der Waals surface area contributed by atoms with Gasteiger partial charge in [-0.2, -0.15) is 4.58 Å². The Morgan fingerprint density at radius 3 is 2.52 bits per heavy atom. The Hall–Kier alpha value is -3.27. The molecule has 1 N–H and O–H groups in total. The Morgan fingerprint density at radius 1 is 1.03 bits per heavy atom. The lowest BCUT2D eigenvalue weighted by atomic mass is 9.78. The van der Waals surface area contributed by atoms with Crippen LogP contribution in [0.25, 0.3) is 10.8 Å². The van der Waals surface area contributed by atoms with Crippen molar-refractivity contribution >= 4 is 40.0 Å². The van der Waals surface area contributed by atoms with Crippen molar-refractivity contribution in [2.45, 2.75) is 32.1 Å². The first-order chi connectivity index (χ1) is 14.0. The highest BCUT2D eigenvalue weighted by Crippen LogP contribution is 2.44. The molecular formula is C25H25N2O2+. The Bertz CT molecular complexity index is 1130. The largest absolute Gasteiger partial charge is 0.481 e. The molecule has 0 amide bonds. The van der Waals surface area contributed by atoms with Crippen LogP contribution in [0.5, 0.6) is 0 Å². The van der Waals surface area contributed by atoms with Crippen molar-refractivity contribution in [2.24, 2.45) is 4.99 Å². The lowest BCUT2D eigenvalue weighted by molar-refractivity contribution is -0.438. The van der Waals surface area contributed by atoms with E-state index in [0.717, 1.165) is 11.4 Å². The SMILES string of the molecule is CC1(C)C(CC=Nc2ccccc2)=[N+](CCC(=O)O)c2ccc3ccccc3c21. The third-order valence-electron chi connectivity index (χ3n) is 5.70. The zero-order chi connectivity index (χ0) is 20.4. The highest BCUT2D eigenvalue weighted by molar-refractivity contribution is 6.07. The summed E-state index contributed by atoms with van der Waals surface area (Å²) >= 11 is 0. The second kappa shape index (κ2) is 7.63. The molecule has 4 heteroatoms. The zero-order valence-electron chi connectivity index (χ0n) is 16.8. The van der Waals surface area contributed by atoms with Crippen molar-refractivity contribution in [3.8, 4) is 0 Å². The molecule has 0 atom stereocenters. The molecule has 0 aliphatic carbocycles. The molecule has 3 aromatic carbocycles. The number of aliphatic imine (C=N–C) groups is 1. The molecule has 0 spiro atoms. The lowest BCUT2D eigenvalue weighted by Crippen LogP contribution is -2.30. The van der Waals surface area contributed by atoms with Crippen LogP contribution in [0, 0.1) is 0 Å². The zero-order valence-corrected chi connectivity index (χ0v) is 16.8. The molecule has 1 aliphatic heterocycles. The summed E-state index contributed by atoms with van der Waals surface area (Å²) in [5.41, 5.74) is 4.27. The topological polar surface area (TPSA) is 52.7 Å². The number of carboxylic acid groups (broad SMARTS) is 1. The van der Waals surface area contributed by atoms with Crippen LogP contribution in [0.1, 0.15) is 32.3 Å². The van der Waals surface area contributed by atoms with Gasteiger partial charge < -0.3 is 5.11 Å². The fourth-order valence-electron chi connectivity index (χ4n) is 4.35. The van der Waals surface area contributed by atoms with Gasteiger partial charge in [0.2, 0.25) is 5.69 Å². The predicted molar refractivity (Wildman–Crippen MR) is 118 cm³/mol. The minimum absolute atomic E-state index is 0.0989. The normalized spacial score (nSPS) is 15.2. The Balaban J connectivity index is 1.78. The molecule has 1 heterocycles. The smallest absolute Gasteiger partial charge is 0.309 e. The molecule has 0 bridgehead atoms. The summed E-state index contributed by atoms with van der Waals surface area (Å²) in [6.45, 7) is 4.91. The van der Waals surface area contributed by atoms with Gasteiger partial charge in [-0.3, -0.25) is 9.79 Å². The molecule has 0 radical (unpaired) electrons.